The lowest BCUT2D eigenvalue weighted by Gasteiger charge is -2.30. The van der Waals surface area contributed by atoms with Gasteiger partial charge in [-0.3, -0.25) is 9.59 Å². The standard InChI is InChI=1S/C49H54N8O6/c1-30(2)38(27-52-48(60)62-5)46(58)56-25-7-9-41(56)44-50-28-39(53-44)36-19-15-33(16-20-36)12-11-32-13-17-34(18-14-32)35-21-23-37(24-22-35)40-29-51-45(54-40)42-10-8-26-57(42)47(59)43(31(3)4)55-49(61)63-6/h13-24,27-31,38,41-43H,7-10,25-26H2,1-6H3,(H,50,53)(H,51,54)(H,55,61)/t38?,41-,42-,43?/m0/s1. The van der Waals surface area contributed by atoms with E-state index in [1.165, 1.54) is 20.4 Å². The molecule has 3 N–H and O–H groups in total. The number of nitrogens with zero attached hydrogens (tertiary/aromatic N) is 5. The summed E-state index contributed by atoms with van der Waals surface area (Å²) in [5.41, 5.74) is 7.57. The molecule has 0 spiro atoms. The minimum Gasteiger partial charge on any atom is -0.453 e. The van der Waals surface area contributed by atoms with Crippen LogP contribution in [0.3, 0.4) is 0 Å². The molecule has 2 aromatic heterocycles. The lowest BCUT2D eigenvalue weighted by molar-refractivity contribution is -0.136. The molecule has 0 aliphatic carbocycles. The number of likely N-dealkylation sites (tertiary alicyclic amines) is 2. The number of H-pyrrole nitrogens is 2. The van der Waals surface area contributed by atoms with E-state index in [1.807, 2.05) is 73.9 Å². The van der Waals surface area contributed by atoms with Crippen molar-refractivity contribution in [1.29, 1.82) is 0 Å². The molecule has 7 rings (SSSR count). The van der Waals surface area contributed by atoms with E-state index in [2.05, 4.69) is 83.2 Å². The second kappa shape index (κ2) is 19.8. The average molecular weight is 851 g/mol. The van der Waals surface area contributed by atoms with E-state index in [4.69, 9.17) is 4.74 Å². The van der Waals surface area contributed by atoms with Gasteiger partial charge in [-0.05, 0) is 84.0 Å². The first-order valence-electron chi connectivity index (χ1n) is 21.4. The number of aliphatic imine (C=N–C) groups is 1. The van der Waals surface area contributed by atoms with Gasteiger partial charge < -0.3 is 34.6 Å². The van der Waals surface area contributed by atoms with Gasteiger partial charge in [0.15, 0.2) is 0 Å². The highest BCUT2D eigenvalue weighted by Crippen LogP contribution is 2.35. The number of benzene rings is 3. The smallest absolute Gasteiger partial charge is 0.432 e. The molecule has 0 bridgehead atoms. The Labute approximate surface area is 367 Å². The second-order valence-electron chi connectivity index (χ2n) is 16.6. The molecule has 14 heteroatoms. The van der Waals surface area contributed by atoms with Crippen LogP contribution in [0.2, 0.25) is 0 Å². The topological polar surface area (TPSA) is 175 Å². The van der Waals surface area contributed by atoms with Gasteiger partial charge in [0.05, 0.1) is 56.0 Å². The maximum absolute atomic E-state index is 13.6. The fraction of sp³-hybridized carbons (Fsp3) is 0.367. The number of alkyl carbamates (subject to hydrolysis) is 1. The van der Waals surface area contributed by atoms with Gasteiger partial charge in [-0.15, -0.1) is 0 Å². The summed E-state index contributed by atoms with van der Waals surface area (Å²) in [4.78, 5) is 74.4. The highest BCUT2D eigenvalue weighted by atomic mass is 16.5. The number of carbonyl (C=O) groups excluding carboxylic acids is 4. The van der Waals surface area contributed by atoms with Crippen molar-refractivity contribution in [3.8, 4) is 45.5 Å². The number of nitrogens with one attached hydrogen (secondary N) is 3. The summed E-state index contributed by atoms with van der Waals surface area (Å²) in [6, 6.07) is 23.3. The van der Waals surface area contributed by atoms with Crippen LogP contribution in [0.4, 0.5) is 9.59 Å². The first-order valence-corrected chi connectivity index (χ1v) is 21.4. The van der Waals surface area contributed by atoms with E-state index in [1.54, 1.807) is 12.4 Å². The maximum atomic E-state index is 13.6. The van der Waals surface area contributed by atoms with Crippen molar-refractivity contribution in [3.63, 3.8) is 0 Å². The Kier molecular flexibility index (Phi) is 13.8. The Hall–Kier alpha value is -7.01. The number of aromatic amines is 2. The summed E-state index contributed by atoms with van der Waals surface area (Å²) in [5, 5.41) is 2.70. The normalized spacial score (nSPS) is 17.1. The molecule has 5 aromatic rings. The van der Waals surface area contributed by atoms with E-state index in [-0.39, 0.29) is 35.7 Å². The zero-order valence-corrected chi connectivity index (χ0v) is 36.6. The summed E-state index contributed by atoms with van der Waals surface area (Å²) in [5.74, 6) is 7.09. The van der Waals surface area contributed by atoms with Crippen molar-refractivity contribution in [2.75, 3.05) is 27.3 Å². The van der Waals surface area contributed by atoms with Crippen LogP contribution in [0, 0.1) is 29.6 Å². The number of methoxy groups -OCH3 is 2. The first-order chi connectivity index (χ1) is 30.4. The summed E-state index contributed by atoms with van der Waals surface area (Å²) in [6.07, 6.45) is 6.93. The fourth-order valence-electron chi connectivity index (χ4n) is 8.19. The largest absolute Gasteiger partial charge is 0.453 e. The average Bonchev–Trinajstić information content (AvgIpc) is 4.15. The van der Waals surface area contributed by atoms with Gasteiger partial charge in [-0.1, -0.05) is 88.1 Å². The molecule has 2 aliphatic rings. The molecule has 2 saturated heterocycles. The van der Waals surface area contributed by atoms with Crippen LogP contribution in [0.15, 0.2) is 90.2 Å². The number of aromatic nitrogens is 4. The number of ether oxygens (including phenoxy) is 2. The van der Waals surface area contributed by atoms with E-state index in [9.17, 15) is 19.2 Å². The van der Waals surface area contributed by atoms with Gasteiger partial charge in [0.25, 0.3) is 0 Å². The molecule has 0 radical (unpaired) electrons. The van der Waals surface area contributed by atoms with Gasteiger partial charge >= 0.3 is 12.2 Å². The van der Waals surface area contributed by atoms with Gasteiger partial charge in [0.1, 0.15) is 17.7 Å². The molecule has 63 heavy (non-hydrogen) atoms. The minimum absolute atomic E-state index is 0.0453. The Bertz CT molecular complexity index is 2490. The fourth-order valence-corrected chi connectivity index (χ4v) is 8.19. The molecule has 4 atom stereocenters. The minimum atomic E-state index is -0.727. The van der Waals surface area contributed by atoms with Gasteiger partial charge in [-0.25, -0.2) is 19.6 Å². The van der Waals surface area contributed by atoms with Crippen LogP contribution in [-0.4, -0.2) is 93.3 Å². The SMILES string of the molecule is COC(=O)N=CC(C(=O)N1CCC[C@H]1c1ncc(-c2ccc(C#Cc3ccc(-c4ccc(-c5cnc([C@@H]6CCCN6C(=O)C(NC(=O)OC)C(C)C)[nH]5)cc4)cc3)cc2)[nH]1)C(C)C. The van der Waals surface area contributed by atoms with Crippen molar-refractivity contribution < 1.29 is 28.7 Å². The van der Waals surface area contributed by atoms with Crippen LogP contribution in [0.25, 0.3) is 33.6 Å². The molecule has 3 aromatic carbocycles. The van der Waals surface area contributed by atoms with Crippen LogP contribution in [0.1, 0.15) is 88.2 Å². The first kappa shape index (κ1) is 44.1. The van der Waals surface area contributed by atoms with Crippen molar-refractivity contribution in [3.05, 3.63) is 108 Å². The highest BCUT2D eigenvalue weighted by molar-refractivity contribution is 5.97. The number of carbonyl (C=O) groups is 4. The second-order valence-corrected chi connectivity index (χ2v) is 16.6. The lowest BCUT2D eigenvalue weighted by Crippen LogP contribution is -2.51. The van der Waals surface area contributed by atoms with Crippen molar-refractivity contribution in [2.24, 2.45) is 22.7 Å². The molecule has 2 unspecified atom stereocenters. The predicted octanol–water partition coefficient (Wildman–Crippen LogP) is 8.35. The Morgan fingerprint density at radius 1 is 0.683 bits per heavy atom. The number of imidazole rings is 2. The number of amides is 4. The number of hydrogen-bond acceptors (Lipinski definition) is 8. The van der Waals surface area contributed by atoms with Gasteiger partial charge in [0, 0.05) is 30.4 Å². The predicted molar refractivity (Wildman–Crippen MR) is 240 cm³/mol. The molecule has 326 valence electrons. The van der Waals surface area contributed by atoms with E-state index >= 15 is 0 Å². The molecule has 14 nitrogen and oxygen atoms in total. The summed E-state index contributed by atoms with van der Waals surface area (Å²) >= 11 is 0. The number of rotatable bonds is 11. The Morgan fingerprint density at radius 2 is 1.14 bits per heavy atom. The van der Waals surface area contributed by atoms with Crippen molar-refractivity contribution in [1.82, 2.24) is 35.1 Å². The van der Waals surface area contributed by atoms with Gasteiger partial charge in [-0.2, -0.15) is 4.99 Å². The zero-order chi connectivity index (χ0) is 44.6. The summed E-state index contributed by atoms with van der Waals surface area (Å²) in [7, 11) is 2.55. The van der Waals surface area contributed by atoms with Crippen LogP contribution < -0.4 is 5.32 Å². The summed E-state index contributed by atoms with van der Waals surface area (Å²) < 4.78 is 9.38. The molecule has 0 saturated carbocycles. The quantitative estimate of drug-likeness (QED) is 0.0878. The third kappa shape index (κ3) is 10.2. The van der Waals surface area contributed by atoms with Crippen LogP contribution in [0.5, 0.6) is 0 Å². The Balaban J connectivity index is 0.954. The van der Waals surface area contributed by atoms with E-state index < -0.39 is 24.1 Å². The molecular formula is C49H54N8O6. The monoisotopic (exact) mass is 850 g/mol. The van der Waals surface area contributed by atoms with Gasteiger partial charge in [0.2, 0.25) is 11.8 Å². The molecular weight excluding hydrogens is 797 g/mol. The summed E-state index contributed by atoms with van der Waals surface area (Å²) in [6.45, 7) is 8.88. The highest BCUT2D eigenvalue weighted by Gasteiger charge is 2.38. The Morgan fingerprint density at radius 3 is 1.60 bits per heavy atom. The van der Waals surface area contributed by atoms with E-state index in [0.29, 0.717) is 13.1 Å². The zero-order valence-electron chi connectivity index (χ0n) is 36.6. The maximum Gasteiger partial charge on any atom is 0.432 e. The molecule has 4 heterocycles. The van der Waals surface area contributed by atoms with Crippen LogP contribution in [-0.2, 0) is 19.1 Å². The molecule has 4 amide bonds. The number of hydrogen-bond donors (Lipinski definition) is 3. The van der Waals surface area contributed by atoms with Crippen molar-refractivity contribution in [2.45, 2.75) is 71.5 Å². The lowest BCUT2D eigenvalue weighted by atomic mass is 9.95. The third-order valence-electron chi connectivity index (χ3n) is 11.8. The molecule has 2 aliphatic heterocycles. The van der Waals surface area contributed by atoms with Crippen molar-refractivity contribution >= 4 is 30.2 Å². The molecule has 2 fully saturated rings. The van der Waals surface area contributed by atoms with E-state index in [0.717, 1.165) is 82.1 Å². The third-order valence-corrected chi connectivity index (χ3v) is 11.8. The van der Waals surface area contributed by atoms with Crippen LogP contribution >= 0.6 is 0 Å².